The van der Waals surface area contributed by atoms with Crippen LogP contribution in [0.25, 0.3) is 22.4 Å². The molecule has 8 nitrogen and oxygen atoms in total. The van der Waals surface area contributed by atoms with Crippen molar-refractivity contribution in [2.45, 2.75) is 32.1 Å². The molecule has 1 fully saturated rings. The van der Waals surface area contributed by atoms with Crippen LogP contribution in [0.3, 0.4) is 0 Å². The number of imidazole rings is 1. The predicted octanol–water partition coefficient (Wildman–Crippen LogP) is 5.28. The summed E-state index contributed by atoms with van der Waals surface area (Å²) in [6, 6.07) is 18.0. The summed E-state index contributed by atoms with van der Waals surface area (Å²) in [5.41, 5.74) is 4.30. The van der Waals surface area contributed by atoms with Crippen molar-refractivity contribution < 1.29 is 9.53 Å². The number of aromatic nitrogens is 3. The lowest BCUT2D eigenvalue weighted by Gasteiger charge is -2.24. The molecule has 2 aromatic carbocycles. The molecule has 5 rings (SSSR count). The van der Waals surface area contributed by atoms with E-state index in [9.17, 15) is 4.79 Å². The SMILES string of the molecule is CNCCNC(=O)C(C)(C)c1ccc(Oc2nc3nc(-c4ccc(N5CCCC5)cc4)c(Cl)cc3[nH]2)cc1. The fourth-order valence-electron chi connectivity index (χ4n) is 4.66. The normalized spacial score (nSPS) is 13.7. The fraction of sp³-hybridized carbons (Fsp3) is 0.345. The van der Waals surface area contributed by atoms with Crippen molar-refractivity contribution in [3.05, 3.63) is 65.2 Å². The van der Waals surface area contributed by atoms with Crippen molar-refractivity contribution in [2.24, 2.45) is 0 Å². The zero-order valence-electron chi connectivity index (χ0n) is 22.0. The standard InChI is InChI=1S/C29H33ClN6O2/c1-29(2,27(37)32-15-14-31-3)20-8-12-22(13-9-20)38-28-33-24-18-23(30)25(34-26(24)35-28)19-6-10-21(11-7-19)36-16-4-5-17-36/h6-13,18,31H,4-5,14-17H2,1-3H3,(H,32,37)(H,33,34,35). The van der Waals surface area contributed by atoms with Crippen LogP contribution in [0.5, 0.6) is 11.8 Å². The lowest BCUT2D eigenvalue weighted by Crippen LogP contribution is -2.42. The number of benzene rings is 2. The van der Waals surface area contributed by atoms with Crippen LogP contribution in [0.15, 0.2) is 54.6 Å². The van der Waals surface area contributed by atoms with Crippen LogP contribution in [-0.4, -0.2) is 54.1 Å². The lowest BCUT2D eigenvalue weighted by molar-refractivity contribution is -0.125. The predicted molar refractivity (Wildman–Crippen MR) is 152 cm³/mol. The third kappa shape index (κ3) is 5.47. The summed E-state index contributed by atoms with van der Waals surface area (Å²) in [5.74, 6) is 0.575. The molecule has 4 aromatic rings. The van der Waals surface area contributed by atoms with Crippen LogP contribution in [0.2, 0.25) is 5.02 Å². The van der Waals surface area contributed by atoms with E-state index in [0.717, 1.165) is 30.8 Å². The molecule has 1 amide bonds. The molecule has 38 heavy (non-hydrogen) atoms. The highest BCUT2D eigenvalue weighted by Gasteiger charge is 2.29. The van der Waals surface area contributed by atoms with Crippen LogP contribution in [-0.2, 0) is 10.2 Å². The number of aromatic amines is 1. The smallest absolute Gasteiger partial charge is 0.301 e. The van der Waals surface area contributed by atoms with Gasteiger partial charge in [0.15, 0.2) is 5.65 Å². The monoisotopic (exact) mass is 532 g/mol. The second kappa shape index (κ2) is 11.0. The Morgan fingerprint density at radius 2 is 1.76 bits per heavy atom. The Morgan fingerprint density at radius 1 is 1.05 bits per heavy atom. The molecule has 3 heterocycles. The maximum Gasteiger partial charge on any atom is 0.301 e. The molecule has 9 heteroatoms. The maximum absolute atomic E-state index is 12.6. The van der Waals surface area contributed by atoms with E-state index in [1.54, 1.807) is 0 Å². The van der Waals surface area contributed by atoms with Crippen molar-refractivity contribution in [1.82, 2.24) is 25.6 Å². The Kier molecular flexibility index (Phi) is 7.53. The molecule has 2 aromatic heterocycles. The largest absolute Gasteiger partial charge is 0.426 e. The second-order valence-corrected chi connectivity index (χ2v) is 10.5. The van der Waals surface area contributed by atoms with Gasteiger partial charge in [0.25, 0.3) is 0 Å². The first-order valence-corrected chi connectivity index (χ1v) is 13.4. The van der Waals surface area contributed by atoms with Gasteiger partial charge in [-0.15, -0.1) is 0 Å². The number of hydrogen-bond donors (Lipinski definition) is 3. The number of ether oxygens (including phenoxy) is 1. The number of rotatable bonds is 9. The number of anilines is 1. The summed E-state index contributed by atoms with van der Waals surface area (Å²) in [6.45, 7) is 7.32. The summed E-state index contributed by atoms with van der Waals surface area (Å²) < 4.78 is 5.96. The third-order valence-electron chi connectivity index (χ3n) is 7.04. The topological polar surface area (TPSA) is 95.2 Å². The number of halogens is 1. The molecule has 1 aliphatic heterocycles. The first-order valence-electron chi connectivity index (χ1n) is 13.0. The van der Waals surface area contributed by atoms with Crippen LogP contribution in [0.1, 0.15) is 32.3 Å². The summed E-state index contributed by atoms with van der Waals surface area (Å²) in [4.78, 5) is 27.4. The van der Waals surface area contributed by atoms with E-state index < -0.39 is 5.41 Å². The average molecular weight is 533 g/mol. The first kappa shape index (κ1) is 26.0. The Labute approximate surface area is 227 Å². The fourth-order valence-corrected chi connectivity index (χ4v) is 4.92. The highest BCUT2D eigenvalue weighted by atomic mass is 35.5. The van der Waals surface area contributed by atoms with E-state index in [4.69, 9.17) is 21.3 Å². The molecule has 0 atom stereocenters. The molecular formula is C29H33ClN6O2. The van der Waals surface area contributed by atoms with E-state index in [0.29, 0.717) is 40.2 Å². The second-order valence-electron chi connectivity index (χ2n) is 10.1. The third-order valence-corrected chi connectivity index (χ3v) is 7.32. The van der Waals surface area contributed by atoms with E-state index in [1.165, 1.54) is 18.5 Å². The number of pyridine rings is 1. The molecule has 0 spiro atoms. The van der Waals surface area contributed by atoms with Crippen LogP contribution >= 0.6 is 11.6 Å². The van der Waals surface area contributed by atoms with Crippen LogP contribution in [0.4, 0.5) is 5.69 Å². The Morgan fingerprint density at radius 3 is 2.45 bits per heavy atom. The van der Waals surface area contributed by atoms with E-state index >= 15 is 0 Å². The van der Waals surface area contributed by atoms with Gasteiger partial charge in [-0.2, -0.15) is 4.98 Å². The number of carbonyl (C=O) groups is 1. The molecule has 0 bridgehead atoms. The van der Waals surface area contributed by atoms with Crippen LogP contribution in [0, 0.1) is 0 Å². The van der Waals surface area contributed by atoms with Crippen molar-refractivity contribution in [3.63, 3.8) is 0 Å². The number of nitrogens with one attached hydrogen (secondary N) is 3. The van der Waals surface area contributed by atoms with Crippen molar-refractivity contribution in [1.29, 1.82) is 0 Å². The summed E-state index contributed by atoms with van der Waals surface area (Å²) in [5, 5.41) is 6.53. The zero-order chi connectivity index (χ0) is 26.7. The Bertz CT molecular complexity index is 1410. The molecule has 1 saturated heterocycles. The molecule has 1 aliphatic rings. The van der Waals surface area contributed by atoms with E-state index in [2.05, 4.69) is 49.8 Å². The minimum Gasteiger partial charge on any atom is -0.426 e. The number of amides is 1. The van der Waals surface area contributed by atoms with Gasteiger partial charge in [0, 0.05) is 37.4 Å². The van der Waals surface area contributed by atoms with E-state index in [1.807, 2.05) is 51.2 Å². The highest BCUT2D eigenvalue weighted by molar-refractivity contribution is 6.33. The molecule has 3 N–H and O–H groups in total. The van der Waals surface area contributed by atoms with Gasteiger partial charge < -0.3 is 25.3 Å². The number of fused-ring (bicyclic) bond motifs is 1. The molecule has 0 aliphatic carbocycles. The van der Waals surface area contributed by atoms with Gasteiger partial charge in [-0.05, 0) is 69.6 Å². The number of hydrogen-bond acceptors (Lipinski definition) is 6. The van der Waals surface area contributed by atoms with Crippen molar-refractivity contribution >= 4 is 34.4 Å². The van der Waals surface area contributed by atoms with Gasteiger partial charge in [-0.3, -0.25) is 4.79 Å². The lowest BCUT2D eigenvalue weighted by atomic mass is 9.83. The van der Waals surface area contributed by atoms with Gasteiger partial charge >= 0.3 is 6.01 Å². The maximum atomic E-state index is 12.6. The number of carbonyl (C=O) groups excluding carboxylic acids is 1. The van der Waals surface area contributed by atoms with Gasteiger partial charge in [0.05, 0.1) is 21.6 Å². The first-order chi connectivity index (χ1) is 18.3. The quantitative estimate of drug-likeness (QED) is 0.254. The average Bonchev–Trinajstić information content (AvgIpc) is 3.59. The minimum atomic E-state index is -0.671. The minimum absolute atomic E-state index is 0.0249. The number of likely N-dealkylation sites (N-methyl/N-ethyl adjacent to an activating group) is 1. The van der Waals surface area contributed by atoms with Gasteiger partial charge in [0.1, 0.15) is 5.75 Å². The summed E-state index contributed by atoms with van der Waals surface area (Å²) in [6.07, 6.45) is 2.48. The summed E-state index contributed by atoms with van der Waals surface area (Å²) in [7, 11) is 1.86. The zero-order valence-corrected chi connectivity index (χ0v) is 22.7. The Balaban J connectivity index is 1.30. The van der Waals surface area contributed by atoms with Gasteiger partial charge in [-0.25, -0.2) is 4.98 Å². The molecule has 198 valence electrons. The summed E-state index contributed by atoms with van der Waals surface area (Å²) >= 11 is 6.60. The molecule has 0 saturated carbocycles. The number of nitrogens with zero attached hydrogens (tertiary/aromatic N) is 3. The van der Waals surface area contributed by atoms with Crippen molar-refractivity contribution in [3.8, 4) is 23.0 Å². The van der Waals surface area contributed by atoms with Gasteiger partial charge in [0.2, 0.25) is 5.91 Å². The molecule has 0 unspecified atom stereocenters. The Hall–Kier alpha value is -3.62. The van der Waals surface area contributed by atoms with E-state index in [-0.39, 0.29) is 5.91 Å². The van der Waals surface area contributed by atoms with Gasteiger partial charge in [-0.1, -0.05) is 35.9 Å². The molecule has 0 radical (unpaired) electrons. The highest BCUT2D eigenvalue weighted by Crippen LogP contribution is 2.32. The molecular weight excluding hydrogens is 500 g/mol. The van der Waals surface area contributed by atoms with Crippen LogP contribution < -0.4 is 20.3 Å². The number of H-pyrrole nitrogens is 1. The van der Waals surface area contributed by atoms with Crippen molar-refractivity contribution in [2.75, 3.05) is 38.1 Å².